The highest BCUT2D eigenvalue weighted by atomic mass is 16.7. The highest BCUT2D eigenvalue weighted by Crippen LogP contribution is 2.14. The summed E-state index contributed by atoms with van der Waals surface area (Å²) < 4.78 is 10.6. The molecule has 0 fully saturated rings. The Morgan fingerprint density at radius 3 is 1.74 bits per heavy atom. The molecule has 4 heteroatoms. The van der Waals surface area contributed by atoms with Gasteiger partial charge in [0.2, 0.25) is 0 Å². The summed E-state index contributed by atoms with van der Waals surface area (Å²) in [4.78, 5) is 5.74. The Hall–Kier alpha value is -2.17. The van der Waals surface area contributed by atoms with Crippen LogP contribution in [0.5, 0.6) is 0 Å². The van der Waals surface area contributed by atoms with Gasteiger partial charge in [-0.05, 0) is 6.42 Å². The zero-order valence-electron chi connectivity index (χ0n) is 13.8. The Balaban J connectivity index is 2.30. The summed E-state index contributed by atoms with van der Waals surface area (Å²) in [6, 6.07) is 20.0. The van der Waals surface area contributed by atoms with Gasteiger partial charge in [0.25, 0.3) is 0 Å². The second kappa shape index (κ2) is 9.08. The van der Waals surface area contributed by atoms with Crippen molar-refractivity contribution in [3.63, 3.8) is 0 Å². The van der Waals surface area contributed by atoms with Crippen molar-refractivity contribution in [2.24, 2.45) is 5.16 Å². The first kappa shape index (κ1) is 17.2. The zero-order chi connectivity index (χ0) is 16.5. The van der Waals surface area contributed by atoms with Gasteiger partial charge < -0.3 is 14.3 Å². The Kier molecular flexibility index (Phi) is 6.78. The van der Waals surface area contributed by atoms with Gasteiger partial charge in [-0.2, -0.15) is 0 Å². The van der Waals surface area contributed by atoms with Gasteiger partial charge >= 0.3 is 0 Å². The van der Waals surface area contributed by atoms with Gasteiger partial charge in [0.1, 0.15) is 5.71 Å². The second-order valence-corrected chi connectivity index (χ2v) is 5.06. The Morgan fingerprint density at radius 1 is 0.870 bits per heavy atom. The smallest absolute Gasteiger partial charge is 0.196 e. The minimum Gasteiger partial charge on any atom is -0.387 e. The maximum atomic E-state index is 5.74. The van der Waals surface area contributed by atoms with E-state index < -0.39 is 6.29 Å². The maximum Gasteiger partial charge on any atom is 0.196 e. The molecular formula is C19H23NO3. The van der Waals surface area contributed by atoms with Crippen molar-refractivity contribution in [1.82, 2.24) is 0 Å². The minimum atomic E-state index is -0.448. The molecule has 4 nitrogen and oxygen atoms in total. The van der Waals surface area contributed by atoms with Crippen molar-refractivity contribution in [2.75, 3.05) is 14.2 Å². The van der Waals surface area contributed by atoms with E-state index in [2.05, 4.69) is 5.16 Å². The van der Waals surface area contributed by atoms with Gasteiger partial charge in [0.15, 0.2) is 12.4 Å². The molecule has 2 aromatic rings. The Labute approximate surface area is 137 Å². The predicted octanol–water partition coefficient (Wildman–Crippen LogP) is 3.85. The fraction of sp³-hybridized carbons (Fsp3) is 0.316. The van der Waals surface area contributed by atoms with E-state index in [4.69, 9.17) is 14.3 Å². The highest BCUT2D eigenvalue weighted by Gasteiger charge is 2.21. The Morgan fingerprint density at radius 2 is 1.35 bits per heavy atom. The molecule has 2 aromatic carbocycles. The van der Waals surface area contributed by atoms with Crippen LogP contribution in [-0.2, 0) is 14.3 Å². The van der Waals surface area contributed by atoms with Crippen LogP contribution in [0.2, 0.25) is 0 Å². The lowest BCUT2D eigenvalue weighted by Crippen LogP contribution is -2.31. The lowest BCUT2D eigenvalue weighted by molar-refractivity contribution is -0.181. The average Bonchev–Trinajstić information content (AvgIpc) is 2.63. The molecule has 0 saturated carbocycles. The Bertz CT molecular complexity index is 553. The molecule has 0 spiro atoms. The van der Waals surface area contributed by atoms with E-state index in [0.717, 1.165) is 23.3 Å². The van der Waals surface area contributed by atoms with E-state index in [1.54, 1.807) is 14.2 Å². The van der Waals surface area contributed by atoms with Crippen molar-refractivity contribution in [2.45, 2.75) is 25.7 Å². The number of ether oxygens (including phenoxy) is 2. The third-order valence-corrected chi connectivity index (χ3v) is 3.54. The lowest BCUT2D eigenvalue weighted by Gasteiger charge is -2.22. The van der Waals surface area contributed by atoms with Gasteiger partial charge in [0.05, 0.1) is 0 Å². The quantitative estimate of drug-likeness (QED) is 0.422. The van der Waals surface area contributed by atoms with Crippen LogP contribution in [0, 0.1) is 0 Å². The van der Waals surface area contributed by atoms with Crippen LogP contribution < -0.4 is 0 Å². The molecule has 2 rings (SSSR count). The van der Waals surface area contributed by atoms with E-state index in [9.17, 15) is 0 Å². The summed E-state index contributed by atoms with van der Waals surface area (Å²) in [6.45, 7) is 2.01. The first-order valence-electron chi connectivity index (χ1n) is 7.70. The van der Waals surface area contributed by atoms with Gasteiger partial charge in [-0.1, -0.05) is 72.7 Å². The molecule has 122 valence electrons. The van der Waals surface area contributed by atoms with Gasteiger partial charge in [-0.25, -0.2) is 0 Å². The van der Waals surface area contributed by atoms with E-state index >= 15 is 0 Å². The first-order chi connectivity index (χ1) is 11.3. The monoisotopic (exact) mass is 313 g/mol. The van der Waals surface area contributed by atoms with Crippen LogP contribution in [0.3, 0.4) is 0 Å². The van der Waals surface area contributed by atoms with Crippen LogP contribution in [0.15, 0.2) is 65.8 Å². The number of nitrogens with zero attached hydrogens (tertiary/aromatic N) is 1. The van der Waals surface area contributed by atoms with Crippen LogP contribution in [-0.4, -0.2) is 32.3 Å². The molecule has 1 atom stereocenters. The van der Waals surface area contributed by atoms with Crippen molar-refractivity contribution >= 4 is 5.71 Å². The molecule has 0 aliphatic rings. The fourth-order valence-electron chi connectivity index (χ4n) is 2.30. The van der Waals surface area contributed by atoms with E-state index in [1.165, 1.54) is 0 Å². The van der Waals surface area contributed by atoms with Crippen LogP contribution in [0.1, 0.15) is 24.5 Å². The topological polar surface area (TPSA) is 40.0 Å². The standard InChI is InChI=1S/C19H23NO3/c1-4-17(19(21-2)22-3)23-20-18(15-11-7-5-8-12-15)16-13-9-6-10-14-16/h5-14,17,19H,4H2,1-3H3. The summed E-state index contributed by atoms with van der Waals surface area (Å²) in [6.07, 6.45) is 0.0103. The molecule has 0 radical (unpaired) electrons. The molecule has 0 saturated heterocycles. The van der Waals surface area contributed by atoms with Crippen molar-refractivity contribution < 1.29 is 14.3 Å². The molecule has 0 aromatic heterocycles. The molecule has 0 aliphatic heterocycles. The third kappa shape index (κ3) is 4.65. The van der Waals surface area contributed by atoms with Gasteiger partial charge in [-0.3, -0.25) is 0 Å². The molecule has 0 amide bonds. The normalized spacial score (nSPS) is 12.0. The number of benzene rings is 2. The van der Waals surface area contributed by atoms with Gasteiger partial charge in [0, 0.05) is 25.3 Å². The summed E-state index contributed by atoms with van der Waals surface area (Å²) in [5.74, 6) is 0. The molecule has 0 aliphatic carbocycles. The van der Waals surface area contributed by atoms with Crippen LogP contribution >= 0.6 is 0 Å². The number of oxime groups is 1. The molecule has 0 N–H and O–H groups in total. The minimum absolute atomic E-state index is 0.271. The highest BCUT2D eigenvalue weighted by molar-refractivity contribution is 6.12. The lowest BCUT2D eigenvalue weighted by atomic mass is 10.0. The second-order valence-electron chi connectivity index (χ2n) is 5.06. The number of methoxy groups -OCH3 is 2. The maximum absolute atomic E-state index is 5.74. The molecule has 1 unspecified atom stereocenters. The fourth-order valence-corrected chi connectivity index (χ4v) is 2.30. The predicted molar refractivity (Wildman–Crippen MR) is 91.5 cm³/mol. The van der Waals surface area contributed by atoms with E-state index in [1.807, 2.05) is 67.6 Å². The summed E-state index contributed by atoms with van der Waals surface area (Å²) in [7, 11) is 3.19. The van der Waals surface area contributed by atoms with Crippen LogP contribution in [0.25, 0.3) is 0 Å². The largest absolute Gasteiger partial charge is 0.387 e. The SMILES string of the molecule is CCC(ON=C(c1ccccc1)c1ccccc1)C(OC)OC. The van der Waals surface area contributed by atoms with Gasteiger partial charge in [-0.15, -0.1) is 0 Å². The number of hydrogen-bond acceptors (Lipinski definition) is 4. The van der Waals surface area contributed by atoms with Crippen molar-refractivity contribution in [3.05, 3.63) is 71.8 Å². The summed E-state index contributed by atoms with van der Waals surface area (Å²) in [5, 5.41) is 4.41. The molecular weight excluding hydrogens is 290 g/mol. The third-order valence-electron chi connectivity index (χ3n) is 3.54. The molecule has 23 heavy (non-hydrogen) atoms. The van der Waals surface area contributed by atoms with E-state index in [-0.39, 0.29) is 6.10 Å². The number of rotatable bonds is 8. The molecule has 0 bridgehead atoms. The summed E-state index contributed by atoms with van der Waals surface area (Å²) >= 11 is 0. The van der Waals surface area contributed by atoms with Crippen molar-refractivity contribution in [3.8, 4) is 0 Å². The van der Waals surface area contributed by atoms with Crippen LogP contribution in [0.4, 0.5) is 0 Å². The summed E-state index contributed by atoms with van der Waals surface area (Å²) in [5.41, 5.74) is 2.79. The zero-order valence-corrected chi connectivity index (χ0v) is 13.8. The molecule has 0 heterocycles. The van der Waals surface area contributed by atoms with E-state index in [0.29, 0.717) is 0 Å². The first-order valence-corrected chi connectivity index (χ1v) is 7.70. The average molecular weight is 313 g/mol. The van der Waals surface area contributed by atoms with Crippen molar-refractivity contribution in [1.29, 1.82) is 0 Å². The number of hydrogen-bond donors (Lipinski definition) is 0.